The summed E-state index contributed by atoms with van der Waals surface area (Å²) in [6.45, 7) is 18.4. The molecule has 4 fully saturated rings. The average Bonchev–Trinajstić information content (AvgIpc) is 3.83. The van der Waals surface area contributed by atoms with Gasteiger partial charge in [0.1, 0.15) is 27.8 Å². The molecule has 4 aliphatic heterocycles. The van der Waals surface area contributed by atoms with Crippen LogP contribution in [-0.4, -0.2) is 168 Å². The number of hydrogen-bond donors (Lipinski definition) is 5. The number of aryl methyl sites for hydroxylation is 1. The van der Waals surface area contributed by atoms with Crippen LogP contribution in [0.4, 0.5) is 39.8 Å². The van der Waals surface area contributed by atoms with Crippen LogP contribution < -0.4 is 30.7 Å². The number of likely N-dealkylation sites (tertiary alicyclic amines) is 1. The Kier molecular flexibility index (Phi) is 19.6. The quantitative estimate of drug-likeness (QED) is 0.0848. The van der Waals surface area contributed by atoms with E-state index in [1.807, 2.05) is 49.9 Å². The Morgan fingerprint density at radius 3 is 1.70 bits per heavy atom. The molecule has 66 heavy (non-hydrogen) atoms. The summed E-state index contributed by atoms with van der Waals surface area (Å²) in [5, 5.41) is 28.7. The van der Waals surface area contributed by atoms with Gasteiger partial charge in [0.05, 0.1) is 58.5 Å². The van der Waals surface area contributed by atoms with Crippen molar-refractivity contribution in [2.45, 2.75) is 52.6 Å². The van der Waals surface area contributed by atoms with Crippen LogP contribution in [0.1, 0.15) is 39.2 Å². The number of morpholine rings is 3. The summed E-state index contributed by atoms with van der Waals surface area (Å²) in [7, 11) is 0. The van der Waals surface area contributed by atoms with E-state index in [0.29, 0.717) is 67.8 Å². The molecule has 0 unspecified atom stereocenters. The maximum Gasteiger partial charge on any atom is 0.321 e. The van der Waals surface area contributed by atoms with Gasteiger partial charge in [-0.25, -0.2) is 24.7 Å². The van der Waals surface area contributed by atoms with Crippen LogP contribution in [0.2, 0.25) is 15.6 Å². The van der Waals surface area contributed by atoms with Crippen molar-refractivity contribution in [3.05, 3.63) is 57.6 Å². The first-order valence-electron chi connectivity index (χ1n) is 22.4. The molecule has 0 saturated carbocycles. The third-order valence-corrected chi connectivity index (χ3v) is 11.8. The molecule has 8 rings (SSSR count). The zero-order valence-corrected chi connectivity index (χ0v) is 40.3. The zero-order valence-electron chi connectivity index (χ0n) is 38.1. The number of aromatic nitrogens is 6. The van der Waals surface area contributed by atoms with E-state index in [4.69, 9.17) is 64.1 Å². The van der Waals surface area contributed by atoms with Crippen molar-refractivity contribution in [2.75, 3.05) is 136 Å². The van der Waals surface area contributed by atoms with Gasteiger partial charge >= 0.3 is 6.03 Å². The van der Waals surface area contributed by atoms with E-state index in [1.54, 1.807) is 12.1 Å². The first kappa shape index (κ1) is 50.8. The summed E-state index contributed by atoms with van der Waals surface area (Å²) < 4.78 is 16.0. The molecule has 7 heterocycles. The lowest BCUT2D eigenvalue weighted by Crippen LogP contribution is -2.37. The van der Waals surface area contributed by atoms with Crippen LogP contribution in [0.5, 0.6) is 0 Å². The molecule has 0 spiro atoms. The van der Waals surface area contributed by atoms with Crippen molar-refractivity contribution in [1.82, 2.24) is 34.8 Å². The molecule has 4 aromatic rings. The summed E-state index contributed by atoms with van der Waals surface area (Å²) in [6, 6.07) is 11.0. The number of rotatable bonds is 12. The molecule has 4 aliphatic rings. The van der Waals surface area contributed by atoms with Gasteiger partial charge in [-0.1, -0.05) is 42.6 Å². The highest BCUT2D eigenvalue weighted by molar-refractivity contribution is 6.32. The molecule has 0 aliphatic carbocycles. The number of ether oxygens (including phenoxy) is 3. The number of urea groups is 1. The van der Waals surface area contributed by atoms with E-state index in [2.05, 4.69) is 57.5 Å². The Morgan fingerprint density at radius 1 is 0.697 bits per heavy atom. The van der Waals surface area contributed by atoms with Crippen molar-refractivity contribution in [2.24, 2.45) is 5.92 Å². The van der Waals surface area contributed by atoms with Crippen LogP contribution >= 0.6 is 34.8 Å². The van der Waals surface area contributed by atoms with Crippen molar-refractivity contribution < 1.29 is 29.2 Å². The first-order chi connectivity index (χ1) is 31.9. The highest BCUT2D eigenvalue weighted by Gasteiger charge is 2.25. The van der Waals surface area contributed by atoms with E-state index in [0.717, 1.165) is 105 Å². The number of aliphatic hydroxyl groups is 2. The van der Waals surface area contributed by atoms with Gasteiger partial charge in [-0.2, -0.15) is 9.97 Å². The molecule has 1 aromatic carbocycles. The molecular weight excluding hydrogens is 913 g/mol. The first-order valence-corrected chi connectivity index (χ1v) is 23.6. The highest BCUT2D eigenvalue weighted by atomic mass is 35.5. The molecule has 2 amide bonds. The fraction of sp³-hybridized carbons (Fsp3) is 0.568. The number of benzene rings is 1. The van der Waals surface area contributed by atoms with E-state index in [1.165, 1.54) is 0 Å². The predicted molar refractivity (Wildman–Crippen MR) is 260 cm³/mol. The standard InChI is InChI=1S/C25H36N6O3.C11H17ClN4O2.C8H9Cl2N3O/c1-4-19-7-8-31(15-19)25(33)27-20-6-5-17(2)21(13-20)22-14-23(30-9-11-34-12-10-30)29-24(28-22)26-18(3)16-32;1-8(7-17)13-11-14-9(12)6-10(15-11)16-2-4-18-5-3-16;9-6-5-7(12-8(10)11-6)13-1-3-14-4-2-13/h5-6,13-14,18-19,32H,4,7-12,15-16H2,1-3H3,(H,27,33)(H,26,28,29);6,8,17H,2-5,7H2,1H3,(H,13,14,15);5H,1-4H2/t18-,19-;8-;/m11./s1. The number of halogens is 3. The van der Waals surface area contributed by atoms with Gasteiger partial charge in [0.25, 0.3) is 0 Å². The lowest BCUT2D eigenvalue weighted by Gasteiger charge is -2.28. The fourth-order valence-corrected chi connectivity index (χ4v) is 7.99. The number of hydrogen-bond acceptors (Lipinski definition) is 17. The van der Waals surface area contributed by atoms with E-state index in [-0.39, 0.29) is 36.6 Å². The van der Waals surface area contributed by atoms with E-state index in [9.17, 15) is 9.90 Å². The Morgan fingerprint density at radius 2 is 1.20 bits per heavy atom. The molecule has 0 radical (unpaired) electrons. The van der Waals surface area contributed by atoms with Crippen molar-refractivity contribution in [3.8, 4) is 11.3 Å². The highest BCUT2D eigenvalue weighted by Crippen LogP contribution is 2.30. The van der Waals surface area contributed by atoms with Crippen molar-refractivity contribution in [1.29, 1.82) is 0 Å². The SMILES string of the molecule is CC[C@@H]1CCN(C(=O)Nc2ccc(C)c(-c3cc(N4CCOCC4)nc(N[C@H](C)CO)n3)c2)C1.C[C@H](CO)Nc1nc(Cl)cc(N2CCOCC2)n1.Clc1cc(N2CCOCC2)nc(Cl)n1. The molecule has 19 nitrogen and oxygen atoms in total. The van der Waals surface area contributed by atoms with Crippen LogP contribution in [0, 0.1) is 12.8 Å². The second kappa shape index (κ2) is 25.5. The number of nitrogens with one attached hydrogen (secondary N) is 3. The third-order valence-electron chi connectivity index (χ3n) is 11.3. The Hall–Kier alpha value is -4.60. The van der Waals surface area contributed by atoms with Crippen LogP contribution in [0.3, 0.4) is 0 Å². The summed E-state index contributed by atoms with van der Waals surface area (Å²) in [5.41, 5.74) is 3.50. The number of aliphatic hydroxyl groups excluding tert-OH is 2. The van der Waals surface area contributed by atoms with Gasteiger partial charge in [0.15, 0.2) is 0 Å². The minimum absolute atomic E-state index is 0.0166. The van der Waals surface area contributed by atoms with Gasteiger partial charge in [0.2, 0.25) is 17.2 Å². The molecule has 22 heteroatoms. The topological polar surface area (TPSA) is 212 Å². The summed E-state index contributed by atoms with van der Waals surface area (Å²) in [4.78, 5) is 46.9. The molecule has 3 aromatic heterocycles. The maximum absolute atomic E-state index is 12.8. The van der Waals surface area contributed by atoms with Gasteiger partial charge in [-0.3, -0.25) is 0 Å². The monoisotopic (exact) mass is 973 g/mol. The molecular formula is C44H62Cl3N13O6. The van der Waals surface area contributed by atoms with Crippen molar-refractivity contribution >= 4 is 75.9 Å². The molecule has 4 saturated heterocycles. The molecule has 3 atom stereocenters. The number of carbonyl (C=O) groups excluding carboxylic acids is 1. The van der Waals surface area contributed by atoms with Crippen LogP contribution in [0.15, 0.2) is 36.4 Å². The van der Waals surface area contributed by atoms with Gasteiger partial charge in [-0.05, 0) is 62.4 Å². The lowest BCUT2D eigenvalue weighted by molar-refractivity contribution is 0.122. The number of nitrogens with zero attached hydrogens (tertiary/aromatic N) is 10. The second-order valence-electron chi connectivity index (χ2n) is 16.3. The van der Waals surface area contributed by atoms with Gasteiger partial charge < -0.3 is 60.0 Å². The Balaban J connectivity index is 0.000000187. The largest absolute Gasteiger partial charge is 0.394 e. The predicted octanol–water partition coefficient (Wildman–Crippen LogP) is 5.72. The summed E-state index contributed by atoms with van der Waals surface area (Å²) >= 11 is 17.5. The number of carbonyl (C=O) groups is 1. The second-order valence-corrected chi connectivity index (χ2v) is 17.5. The van der Waals surface area contributed by atoms with Gasteiger partial charge in [-0.15, -0.1) is 0 Å². The smallest absolute Gasteiger partial charge is 0.321 e. The third kappa shape index (κ3) is 15.2. The minimum Gasteiger partial charge on any atom is -0.394 e. The normalized spacial score (nSPS) is 18.3. The fourth-order valence-electron chi connectivity index (χ4n) is 7.41. The minimum atomic E-state index is -0.174. The molecule has 5 N–H and O–H groups in total. The Bertz CT molecular complexity index is 2150. The van der Waals surface area contributed by atoms with Crippen LogP contribution in [0.25, 0.3) is 11.3 Å². The van der Waals surface area contributed by atoms with Crippen molar-refractivity contribution in [3.63, 3.8) is 0 Å². The molecule has 360 valence electrons. The van der Waals surface area contributed by atoms with E-state index < -0.39 is 0 Å². The maximum atomic E-state index is 12.8. The number of anilines is 6. The molecule has 0 bridgehead atoms. The summed E-state index contributed by atoms with van der Waals surface area (Å²) in [6.07, 6.45) is 2.17. The van der Waals surface area contributed by atoms with Crippen LogP contribution in [-0.2, 0) is 14.2 Å². The van der Waals surface area contributed by atoms with E-state index >= 15 is 0 Å². The number of amides is 2. The summed E-state index contributed by atoms with van der Waals surface area (Å²) in [5.74, 6) is 3.86. The zero-order chi connectivity index (χ0) is 47.0. The van der Waals surface area contributed by atoms with Gasteiger partial charge in [0, 0.05) is 93.9 Å². The Labute approximate surface area is 401 Å². The average molecular weight is 975 g/mol. The lowest BCUT2D eigenvalue weighted by atomic mass is 10.0.